The van der Waals surface area contributed by atoms with Gasteiger partial charge in [0.15, 0.2) is 0 Å². The van der Waals surface area contributed by atoms with Crippen LogP contribution in [0.1, 0.15) is 51.8 Å². The summed E-state index contributed by atoms with van der Waals surface area (Å²) in [4.78, 5) is 2.10. The molecular weight excluding hydrogens is 240 g/mol. The van der Waals surface area contributed by atoms with Crippen molar-refractivity contribution in [1.29, 1.82) is 0 Å². The van der Waals surface area contributed by atoms with Gasteiger partial charge in [-0.3, -0.25) is 0 Å². The zero-order valence-electron chi connectivity index (χ0n) is 12.4. The van der Waals surface area contributed by atoms with Crippen molar-refractivity contribution in [3.8, 4) is 0 Å². The molecule has 0 amide bonds. The van der Waals surface area contributed by atoms with Crippen molar-refractivity contribution in [1.82, 2.24) is 15.5 Å². The Morgan fingerprint density at radius 2 is 2.00 bits per heavy atom. The lowest BCUT2D eigenvalue weighted by molar-refractivity contribution is 0.354. The minimum absolute atomic E-state index is 0.426. The highest BCUT2D eigenvalue weighted by molar-refractivity contribution is 5.22. The van der Waals surface area contributed by atoms with Crippen molar-refractivity contribution < 1.29 is 4.42 Å². The fourth-order valence-corrected chi connectivity index (χ4v) is 2.60. The third-order valence-electron chi connectivity index (χ3n) is 3.70. The molecule has 1 aromatic rings. The predicted molar refractivity (Wildman–Crippen MR) is 76.1 cm³/mol. The van der Waals surface area contributed by atoms with Gasteiger partial charge in [-0.1, -0.05) is 38.2 Å². The topological polar surface area (TPSA) is 54.2 Å². The molecule has 5 heteroatoms. The molecule has 1 aliphatic rings. The highest BCUT2D eigenvalue weighted by Gasteiger charge is 2.18. The fraction of sp³-hybridized carbons (Fsp3) is 0.857. The summed E-state index contributed by atoms with van der Waals surface area (Å²) >= 11 is 0. The summed E-state index contributed by atoms with van der Waals surface area (Å²) in [7, 11) is 2.04. The first-order valence-electron chi connectivity index (χ1n) is 7.42. The van der Waals surface area contributed by atoms with Gasteiger partial charge in [-0.2, -0.15) is 0 Å². The Balaban J connectivity index is 1.82. The summed E-state index contributed by atoms with van der Waals surface area (Å²) in [6.45, 7) is 5.88. The van der Waals surface area contributed by atoms with E-state index in [1.54, 1.807) is 0 Å². The Labute approximate surface area is 115 Å². The van der Waals surface area contributed by atoms with Gasteiger partial charge < -0.3 is 14.6 Å². The second-order valence-electron chi connectivity index (χ2n) is 5.90. The molecule has 0 saturated heterocycles. The predicted octanol–water partition coefficient (Wildman–Crippen LogP) is 2.58. The second kappa shape index (κ2) is 6.89. The highest BCUT2D eigenvalue weighted by atomic mass is 16.4. The Bertz CT molecular complexity index is 371. The van der Waals surface area contributed by atoms with E-state index < -0.39 is 0 Å². The highest BCUT2D eigenvalue weighted by Crippen LogP contribution is 2.25. The summed E-state index contributed by atoms with van der Waals surface area (Å²) < 4.78 is 5.68. The summed E-state index contributed by atoms with van der Waals surface area (Å²) in [5.41, 5.74) is 0. The minimum Gasteiger partial charge on any atom is -0.407 e. The molecule has 0 spiro atoms. The van der Waals surface area contributed by atoms with Gasteiger partial charge in [-0.05, 0) is 18.8 Å². The summed E-state index contributed by atoms with van der Waals surface area (Å²) in [5.74, 6) is 1.45. The summed E-state index contributed by atoms with van der Waals surface area (Å²) in [5, 5.41) is 11.5. The third kappa shape index (κ3) is 4.49. The first-order valence-corrected chi connectivity index (χ1v) is 7.42. The van der Waals surface area contributed by atoms with E-state index in [2.05, 4.69) is 34.3 Å². The summed E-state index contributed by atoms with van der Waals surface area (Å²) in [6.07, 6.45) is 6.80. The van der Waals surface area contributed by atoms with Crippen molar-refractivity contribution in [2.75, 3.05) is 18.5 Å². The van der Waals surface area contributed by atoms with Crippen LogP contribution in [0.5, 0.6) is 0 Å². The van der Waals surface area contributed by atoms with E-state index >= 15 is 0 Å². The van der Waals surface area contributed by atoms with Crippen molar-refractivity contribution in [2.24, 2.45) is 5.92 Å². The number of hydrogen-bond acceptors (Lipinski definition) is 5. The Hall–Kier alpha value is -1.10. The van der Waals surface area contributed by atoms with Crippen LogP contribution in [0.4, 0.5) is 6.01 Å². The average Bonchev–Trinajstić information content (AvgIpc) is 2.86. The van der Waals surface area contributed by atoms with Gasteiger partial charge in [0.25, 0.3) is 0 Å². The summed E-state index contributed by atoms with van der Waals surface area (Å²) in [6, 6.07) is 1.07. The number of rotatable bonds is 6. The Kier molecular flexibility index (Phi) is 5.19. The second-order valence-corrected chi connectivity index (χ2v) is 5.90. The van der Waals surface area contributed by atoms with Crippen LogP contribution >= 0.6 is 0 Å². The molecule has 0 radical (unpaired) electrons. The van der Waals surface area contributed by atoms with Crippen molar-refractivity contribution in [3.63, 3.8) is 0 Å². The smallest absolute Gasteiger partial charge is 0.317 e. The zero-order valence-corrected chi connectivity index (χ0v) is 12.4. The molecule has 19 heavy (non-hydrogen) atoms. The van der Waals surface area contributed by atoms with E-state index in [0.717, 1.165) is 12.5 Å². The van der Waals surface area contributed by atoms with Crippen LogP contribution in [-0.2, 0) is 6.54 Å². The van der Waals surface area contributed by atoms with Crippen LogP contribution in [0.3, 0.4) is 0 Å². The van der Waals surface area contributed by atoms with Crippen LogP contribution in [0.15, 0.2) is 4.42 Å². The van der Waals surface area contributed by atoms with Crippen LogP contribution in [0.2, 0.25) is 0 Å². The van der Waals surface area contributed by atoms with Gasteiger partial charge in [0.05, 0.1) is 6.54 Å². The Morgan fingerprint density at radius 3 is 2.68 bits per heavy atom. The quantitative estimate of drug-likeness (QED) is 0.857. The van der Waals surface area contributed by atoms with Crippen molar-refractivity contribution >= 4 is 6.01 Å². The lowest BCUT2D eigenvalue weighted by Gasteiger charge is -2.25. The molecular formula is C14H26N4O. The fourth-order valence-electron chi connectivity index (χ4n) is 2.60. The number of nitrogens with zero attached hydrogens (tertiary/aromatic N) is 3. The van der Waals surface area contributed by atoms with Gasteiger partial charge in [0.2, 0.25) is 5.89 Å². The van der Waals surface area contributed by atoms with Gasteiger partial charge in [0, 0.05) is 19.6 Å². The largest absolute Gasteiger partial charge is 0.407 e. The number of anilines is 1. The lowest BCUT2D eigenvalue weighted by atomic mass is 9.89. The molecule has 5 nitrogen and oxygen atoms in total. The van der Waals surface area contributed by atoms with Crippen LogP contribution in [0, 0.1) is 5.92 Å². The van der Waals surface area contributed by atoms with E-state index in [1.807, 2.05) is 7.05 Å². The van der Waals surface area contributed by atoms with Crippen LogP contribution in [-0.4, -0.2) is 29.8 Å². The molecule has 0 bridgehead atoms. The molecule has 0 aromatic carbocycles. The normalized spacial score (nSPS) is 17.1. The molecule has 1 fully saturated rings. The monoisotopic (exact) mass is 266 g/mol. The molecule has 1 heterocycles. The average molecular weight is 266 g/mol. The Morgan fingerprint density at radius 1 is 1.26 bits per heavy atom. The van der Waals surface area contributed by atoms with E-state index in [4.69, 9.17) is 4.42 Å². The molecule has 0 atom stereocenters. The molecule has 0 aliphatic heterocycles. The van der Waals surface area contributed by atoms with Gasteiger partial charge in [0.1, 0.15) is 0 Å². The maximum absolute atomic E-state index is 5.68. The molecule has 108 valence electrons. The van der Waals surface area contributed by atoms with Gasteiger partial charge in [-0.15, -0.1) is 5.10 Å². The third-order valence-corrected chi connectivity index (χ3v) is 3.70. The lowest BCUT2D eigenvalue weighted by Crippen LogP contribution is -2.27. The van der Waals surface area contributed by atoms with E-state index in [1.165, 1.54) is 32.1 Å². The molecule has 1 N–H and O–H groups in total. The van der Waals surface area contributed by atoms with Crippen LogP contribution in [0.25, 0.3) is 0 Å². The maximum Gasteiger partial charge on any atom is 0.317 e. The zero-order chi connectivity index (χ0) is 13.7. The van der Waals surface area contributed by atoms with E-state index in [9.17, 15) is 0 Å². The molecule has 0 unspecified atom stereocenters. The molecule has 1 saturated carbocycles. The maximum atomic E-state index is 5.68. The number of hydrogen-bond donors (Lipinski definition) is 1. The first kappa shape index (κ1) is 14.3. The van der Waals surface area contributed by atoms with Crippen molar-refractivity contribution in [2.45, 2.75) is 58.5 Å². The van der Waals surface area contributed by atoms with E-state index in [-0.39, 0.29) is 0 Å². The van der Waals surface area contributed by atoms with Gasteiger partial charge >= 0.3 is 6.01 Å². The standard InChI is InChI=1S/C14H26N4O/c1-11(2)15-9-13-16-17-14(19-13)18(3)10-12-7-5-4-6-8-12/h11-12,15H,4-10H2,1-3H3. The molecule has 1 aromatic heterocycles. The number of aromatic nitrogens is 2. The van der Waals surface area contributed by atoms with Crippen molar-refractivity contribution in [3.05, 3.63) is 5.89 Å². The number of nitrogens with one attached hydrogen (secondary N) is 1. The SMILES string of the molecule is CC(C)NCc1nnc(N(C)CC2CCCCC2)o1. The molecule has 1 aliphatic carbocycles. The molecule has 2 rings (SSSR count). The van der Waals surface area contributed by atoms with Crippen LogP contribution < -0.4 is 10.2 Å². The van der Waals surface area contributed by atoms with E-state index in [0.29, 0.717) is 24.5 Å². The van der Waals surface area contributed by atoms with Gasteiger partial charge in [-0.25, -0.2) is 0 Å². The minimum atomic E-state index is 0.426. The first-order chi connectivity index (χ1) is 9.15.